The van der Waals surface area contributed by atoms with E-state index in [-0.39, 0.29) is 24.0 Å². The number of nitrogens with zero attached hydrogens (tertiary/aromatic N) is 3. The van der Waals surface area contributed by atoms with E-state index in [2.05, 4.69) is 20.9 Å². The molecule has 8 nitrogen and oxygen atoms in total. The van der Waals surface area contributed by atoms with Crippen LogP contribution in [0, 0.1) is 0 Å². The molecule has 0 atom stereocenters. The molecule has 0 radical (unpaired) electrons. The first-order valence-electron chi connectivity index (χ1n) is 6.86. The maximum absolute atomic E-state index is 12.1. The molecule has 2 N–H and O–H groups in total. The molecule has 1 saturated heterocycles. The van der Waals surface area contributed by atoms with Crippen LogP contribution in [-0.2, 0) is 0 Å². The van der Waals surface area contributed by atoms with Gasteiger partial charge in [0.05, 0.1) is 24.2 Å². The molecule has 0 saturated carbocycles. The Labute approximate surface area is 137 Å². The van der Waals surface area contributed by atoms with Crippen LogP contribution in [-0.4, -0.2) is 33.9 Å². The molecule has 1 amide bonds. The number of rotatable bonds is 4. The van der Waals surface area contributed by atoms with Crippen LogP contribution in [0.15, 0.2) is 45.8 Å². The number of carbonyl (C=O) groups excluding carboxylic acids is 1. The standard InChI is InChI=1S/C14H13N5O3.ClH/c20-14(11-4-13(22-18-11)12-2-1-3-21-12)17-9-5-16-19(8-9)10-6-15-7-10;/h1-5,8,10,15H,6-7H2,(H,17,20);1H. The lowest BCUT2D eigenvalue weighted by Crippen LogP contribution is -2.43. The molecule has 1 aliphatic heterocycles. The number of amides is 1. The third-order valence-corrected chi connectivity index (χ3v) is 3.50. The first-order chi connectivity index (χ1) is 10.8. The van der Waals surface area contributed by atoms with Crippen LogP contribution < -0.4 is 10.6 Å². The van der Waals surface area contributed by atoms with E-state index in [1.165, 1.54) is 12.3 Å². The summed E-state index contributed by atoms with van der Waals surface area (Å²) in [5, 5.41) is 13.9. The lowest BCUT2D eigenvalue weighted by Gasteiger charge is -2.27. The second-order valence-corrected chi connectivity index (χ2v) is 5.03. The van der Waals surface area contributed by atoms with Gasteiger partial charge in [-0.05, 0) is 12.1 Å². The fourth-order valence-corrected chi connectivity index (χ4v) is 2.18. The lowest BCUT2D eigenvalue weighted by molar-refractivity contribution is 0.101. The van der Waals surface area contributed by atoms with Gasteiger partial charge < -0.3 is 19.6 Å². The molecule has 3 aromatic rings. The summed E-state index contributed by atoms with van der Waals surface area (Å²) in [6, 6.07) is 5.36. The van der Waals surface area contributed by atoms with Crippen molar-refractivity contribution in [2.45, 2.75) is 6.04 Å². The Hall–Kier alpha value is -2.58. The number of halogens is 1. The van der Waals surface area contributed by atoms with Crippen LogP contribution in [0.3, 0.4) is 0 Å². The Bertz CT molecular complexity index is 791. The highest BCUT2D eigenvalue weighted by Crippen LogP contribution is 2.21. The van der Waals surface area contributed by atoms with Crippen molar-refractivity contribution in [2.24, 2.45) is 0 Å². The molecular weight excluding hydrogens is 322 g/mol. The summed E-state index contributed by atoms with van der Waals surface area (Å²) in [4.78, 5) is 12.1. The third kappa shape index (κ3) is 2.99. The molecule has 1 aliphatic rings. The van der Waals surface area contributed by atoms with Crippen LogP contribution in [0.5, 0.6) is 0 Å². The van der Waals surface area contributed by atoms with Gasteiger partial charge in [0.2, 0.25) is 5.76 Å². The fourth-order valence-electron chi connectivity index (χ4n) is 2.18. The molecule has 3 aromatic heterocycles. The zero-order valence-corrected chi connectivity index (χ0v) is 12.7. The van der Waals surface area contributed by atoms with Crippen LogP contribution in [0.25, 0.3) is 11.5 Å². The molecule has 0 aromatic carbocycles. The van der Waals surface area contributed by atoms with Gasteiger partial charge in [-0.25, -0.2) is 0 Å². The van der Waals surface area contributed by atoms with E-state index in [1.807, 2.05) is 4.68 Å². The van der Waals surface area contributed by atoms with E-state index in [9.17, 15) is 4.79 Å². The molecule has 4 rings (SSSR count). The van der Waals surface area contributed by atoms with Gasteiger partial charge in [-0.15, -0.1) is 12.4 Å². The summed E-state index contributed by atoms with van der Waals surface area (Å²) in [5.74, 6) is 0.580. The maximum atomic E-state index is 12.1. The molecule has 0 bridgehead atoms. The fraction of sp³-hybridized carbons (Fsp3) is 0.214. The minimum Gasteiger partial charge on any atom is -0.461 e. The third-order valence-electron chi connectivity index (χ3n) is 3.50. The number of hydrogen-bond donors (Lipinski definition) is 2. The highest BCUT2D eigenvalue weighted by atomic mass is 35.5. The van der Waals surface area contributed by atoms with Gasteiger partial charge >= 0.3 is 0 Å². The lowest BCUT2D eigenvalue weighted by atomic mass is 10.2. The van der Waals surface area contributed by atoms with Gasteiger partial charge in [0, 0.05) is 25.4 Å². The molecule has 1 fully saturated rings. The predicted molar refractivity (Wildman–Crippen MR) is 83.5 cm³/mol. The van der Waals surface area contributed by atoms with E-state index in [4.69, 9.17) is 8.94 Å². The van der Waals surface area contributed by atoms with Crippen molar-refractivity contribution in [3.8, 4) is 11.5 Å². The van der Waals surface area contributed by atoms with Crippen molar-refractivity contribution in [1.29, 1.82) is 0 Å². The quantitative estimate of drug-likeness (QED) is 0.756. The van der Waals surface area contributed by atoms with Crippen molar-refractivity contribution in [3.63, 3.8) is 0 Å². The molecule has 0 spiro atoms. The van der Waals surface area contributed by atoms with Crippen molar-refractivity contribution < 1.29 is 13.7 Å². The highest BCUT2D eigenvalue weighted by molar-refractivity contribution is 6.03. The molecule has 23 heavy (non-hydrogen) atoms. The van der Waals surface area contributed by atoms with Gasteiger partial charge in [0.1, 0.15) is 0 Å². The summed E-state index contributed by atoms with van der Waals surface area (Å²) >= 11 is 0. The van der Waals surface area contributed by atoms with Crippen molar-refractivity contribution in [1.82, 2.24) is 20.3 Å². The van der Waals surface area contributed by atoms with E-state index in [0.717, 1.165) is 13.1 Å². The Kier molecular flexibility index (Phi) is 4.18. The molecule has 0 unspecified atom stereocenters. The largest absolute Gasteiger partial charge is 0.461 e. The average Bonchev–Trinajstić information content (AvgIpc) is 3.18. The van der Waals surface area contributed by atoms with Crippen LogP contribution in [0.2, 0.25) is 0 Å². The number of aromatic nitrogens is 3. The van der Waals surface area contributed by atoms with Gasteiger partial charge in [0.25, 0.3) is 5.91 Å². The van der Waals surface area contributed by atoms with Gasteiger partial charge in [0.15, 0.2) is 11.5 Å². The van der Waals surface area contributed by atoms with Gasteiger partial charge in [-0.3, -0.25) is 9.48 Å². The van der Waals surface area contributed by atoms with Crippen molar-refractivity contribution >= 4 is 24.0 Å². The van der Waals surface area contributed by atoms with Gasteiger partial charge in [-0.1, -0.05) is 5.16 Å². The average molecular weight is 336 g/mol. The summed E-state index contributed by atoms with van der Waals surface area (Å²) in [5.41, 5.74) is 0.809. The van der Waals surface area contributed by atoms with E-state index >= 15 is 0 Å². The highest BCUT2D eigenvalue weighted by Gasteiger charge is 2.20. The number of carbonyl (C=O) groups is 1. The maximum Gasteiger partial charge on any atom is 0.277 e. The zero-order chi connectivity index (χ0) is 14.9. The predicted octanol–water partition coefficient (Wildman–Crippen LogP) is 1.95. The zero-order valence-electron chi connectivity index (χ0n) is 11.9. The number of nitrogens with one attached hydrogen (secondary N) is 2. The Morgan fingerprint density at radius 2 is 2.26 bits per heavy atom. The van der Waals surface area contributed by atoms with Crippen LogP contribution >= 0.6 is 12.4 Å². The summed E-state index contributed by atoms with van der Waals surface area (Å²) in [7, 11) is 0. The van der Waals surface area contributed by atoms with Crippen molar-refractivity contribution in [3.05, 3.63) is 42.5 Å². The second kappa shape index (κ2) is 6.27. The normalized spacial score (nSPS) is 14.1. The van der Waals surface area contributed by atoms with E-state index < -0.39 is 0 Å². The summed E-state index contributed by atoms with van der Waals surface area (Å²) < 4.78 is 12.1. The summed E-state index contributed by atoms with van der Waals surface area (Å²) in [6.07, 6.45) is 4.95. The van der Waals surface area contributed by atoms with Crippen LogP contribution in [0.4, 0.5) is 5.69 Å². The molecule has 120 valence electrons. The number of anilines is 1. The van der Waals surface area contributed by atoms with Gasteiger partial charge in [-0.2, -0.15) is 5.10 Å². The molecule has 0 aliphatic carbocycles. The number of furan rings is 1. The minimum absolute atomic E-state index is 0. The minimum atomic E-state index is -0.354. The summed E-state index contributed by atoms with van der Waals surface area (Å²) in [6.45, 7) is 1.79. The Morgan fingerprint density at radius 3 is 2.96 bits per heavy atom. The molecule has 9 heteroatoms. The first-order valence-corrected chi connectivity index (χ1v) is 6.86. The van der Waals surface area contributed by atoms with E-state index in [1.54, 1.807) is 24.5 Å². The number of hydrogen-bond acceptors (Lipinski definition) is 6. The first kappa shape index (κ1) is 15.3. The van der Waals surface area contributed by atoms with Crippen molar-refractivity contribution in [2.75, 3.05) is 18.4 Å². The molecule has 4 heterocycles. The van der Waals surface area contributed by atoms with E-state index in [0.29, 0.717) is 23.2 Å². The SMILES string of the molecule is Cl.O=C(Nc1cnn(C2CNC2)c1)c1cc(-c2ccco2)on1. The topological polar surface area (TPSA) is 98.1 Å². The monoisotopic (exact) mass is 335 g/mol. The second-order valence-electron chi connectivity index (χ2n) is 5.03. The Morgan fingerprint density at radius 1 is 1.39 bits per heavy atom. The molecular formula is C14H14ClN5O3. The Balaban J connectivity index is 0.00000156. The van der Waals surface area contributed by atoms with Crippen LogP contribution in [0.1, 0.15) is 16.5 Å². The smallest absolute Gasteiger partial charge is 0.277 e.